The molecule has 2 aliphatic rings. The minimum absolute atomic E-state index is 0.0140. The van der Waals surface area contributed by atoms with Gasteiger partial charge in [0.05, 0.1) is 11.8 Å². The van der Waals surface area contributed by atoms with E-state index in [1.54, 1.807) is 12.1 Å². The van der Waals surface area contributed by atoms with Gasteiger partial charge >= 0.3 is 5.97 Å². The van der Waals surface area contributed by atoms with Crippen molar-refractivity contribution >= 4 is 49.4 Å². The van der Waals surface area contributed by atoms with Crippen LogP contribution in [0.2, 0.25) is 0 Å². The molecule has 0 unspecified atom stereocenters. The van der Waals surface area contributed by atoms with Crippen molar-refractivity contribution in [3.05, 3.63) is 39.3 Å². The summed E-state index contributed by atoms with van der Waals surface area (Å²) in [5.74, 6) is -2.17. The maximum absolute atomic E-state index is 12.5. The van der Waals surface area contributed by atoms with Crippen LogP contribution in [0.4, 0.5) is 5.69 Å². The second-order valence-electron chi connectivity index (χ2n) is 5.46. The molecule has 0 saturated heterocycles. The summed E-state index contributed by atoms with van der Waals surface area (Å²) in [7, 11) is 0. The molecule has 6 heteroatoms. The number of amides is 1. The van der Waals surface area contributed by atoms with Crippen LogP contribution in [-0.2, 0) is 9.59 Å². The molecule has 1 saturated carbocycles. The number of anilines is 1. The zero-order chi connectivity index (χ0) is 15.1. The minimum Gasteiger partial charge on any atom is -0.481 e. The number of carbonyl (C=O) groups is 2. The van der Waals surface area contributed by atoms with E-state index in [1.807, 2.05) is 18.2 Å². The highest BCUT2D eigenvalue weighted by atomic mass is 79.9. The predicted molar refractivity (Wildman–Crippen MR) is 85.8 cm³/mol. The summed E-state index contributed by atoms with van der Waals surface area (Å²) in [6, 6.07) is 5.40. The quantitative estimate of drug-likeness (QED) is 0.741. The van der Waals surface area contributed by atoms with E-state index >= 15 is 0 Å². The van der Waals surface area contributed by atoms with Crippen LogP contribution in [0.15, 0.2) is 39.3 Å². The summed E-state index contributed by atoms with van der Waals surface area (Å²) < 4.78 is 1.73. The van der Waals surface area contributed by atoms with Crippen LogP contribution in [-0.4, -0.2) is 17.0 Å². The Morgan fingerprint density at radius 2 is 1.76 bits per heavy atom. The Morgan fingerprint density at radius 3 is 2.38 bits per heavy atom. The van der Waals surface area contributed by atoms with Crippen molar-refractivity contribution in [2.24, 2.45) is 23.7 Å². The van der Waals surface area contributed by atoms with Crippen molar-refractivity contribution in [3.63, 3.8) is 0 Å². The predicted octanol–water partition coefficient (Wildman–Crippen LogP) is 3.67. The van der Waals surface area contributed by atoms with E-state index in [1.165, 1.54) is 0 Å². The number of aliphatic carboxylic acids is 1. The Labute approximate surface area is 138 Å². The van der Waals surface area contributed by atoms with E-state index in [0.29, 0.717) is 5.69 Å². The van der Waals surface area contributed by atoms with Crippen LogP contribution in [0, 0.1) is 23.7 Å². The van der Waals surface area contributed by atoms with Gasteiger partial charge in [-0.3, -0.25) is 9.59 Å². The van der Waals surface area contributed by atoms with E-state index in [-0.39, 0.29) is 17.7 Å². The Morgan fingerprint density at radius 1 is 1.10 bits per heavy atom. The number of carbonyl (C=O) groups excluding carboxylic acids is 1. The number of hydrogen-bond acceptors (Lipinski definition) is 2. The van der Waals surface area contributed by atoms with Crippen LogP contribution in [0.25, 0.3) is 0 Å². The smallest absolute Gasteiger partial charge is 0.307 e. The van der Waals surface area contributed by atoms with Crippen molar-refractivity contribution in [3.8, 4) is 0 Å². The van der Waals surface area contributed by atoms with E-state index in [2.05, 4.69) is 37.2 Å². The summed E-state index contributed by atoms with van der Waals surface area (Å²) in [6.45, 7) is 0. The fourth-order valence-electron chi connectivity index (χ4n) is 3.32. The number of fused-ring (bicyclic) bond motifs is 2. The molecule has 1 amide bonds. The number of rotatable bonds is 3. The van der Waals surface area contributed by atoms with Gasteiger partial charge in [-0.2, -0.15) is 0 Å². The number of halogens is 2. The van der Waals surface area contributed by atoms with Gasteiger partial charge in [0.15, 0.2) is 0 Å². The molecule has 0 aromatic heterocycles. The molecule has 0 radical (unpaired) electrons. The molecule has 1 aromatic carbocycles. The zero-order valence-electron chi connectivity index (χ0n) is 10.9. The van der Waals surface area contributed by atoms with Crippen LogP contribution < -0.4 is 5.32 Å². The van der Waals surface area contributed by atoms with Gasteiger partial charge < -0.3 is 10.4 Å². The second-order valence-corrected chi connectivity index (χ2v) is 7.16. The fourth-order valence-corrected chi connectivity index (χ4v) is 3.94. The number of allylic oxidation sites excluding steroid dienone is 2. The first-order valence-electron chi connectivity index (χ1n) is 6.64. The highest BCUT2D eigenvalue weighted by molar-refractivity contribution is 9.13. The van der Waals surface area contributed by atoms with Gasteiger partial charge in [-0.1, -0.05) is 12.2 Å². The molecule has 3 rings (SSSR count). The van der Waals surface area contributed by atoms with Crippen molar-refractivity contribution in [1.29, 1.82) is 0 Å². The van der Waals surface area contributed by atoms with Crippen LogP contribution >= 0.6 is 31.9 Å². The number of hydrogen-bond donors (Lipinski definition) is 2. The Bertz CT molecular complexity index is 644. The van der Waals surface area contributed by atoms with Gasteiger partial charge in [0.25, 0.3) is 0 Å². The van der Waals surface area contributed by atoms with E-state index in [4.69, 9.17) is 0 Å². The average molecular weight is 415 g/mol. The third kappa shape index (κ3) is 2.66. The molecule has 21 heavy (non-hydrogen) atoms. The van der Waals surface area contributed by atoms with Crippen molar-refractivity contribution in [2.75, 3.05) is 5.32 Å². The summed E-state index contributed by atoms with van der Waals surface area (Å²) in [4.78, 5) is 23.9. The Balaban J connectivity index is 1.80. The lowest BCUT2D eigenvalue weighted by Crippen LogP contribution is -2.36. The summed E-state index contributed by atoms with van der Waals surface area (Å²) in [5, 5.41) is 12.2. The molecule has 0 spiro atoms. The van der Waals surface area contributed by atoms with Crippen LogP contribution in [0.3, 0.4) is 0 Å². The molecule has 1 aromatic rings. The normalized spacial score (nSPS) is 29.6. The maximum atomic E-state index is 12.5. The fraction of sp³-hybridized carbons (Fsp3) is 0.333. The average Bonchev–Trinajstić information content (AvgIpc) is 3.03. The summed E-state index contributed by atoms with van der Waals surface area (Å²) in [5.41, 5.74) is 0.658. The van der Waals surface area contributed by atoms with Crippen LogP contribution in [0.1, 0.15) is 6.42 Å². The van der Waals surface area contributed by atoms with E-state index < -0.39 is 17.8 Å². The largest absolute Gasteiger partial charge is 0.481 e. The summed E-state index contributed by atoms with van der Waals surface area (Å²) in [6.07, 6.45) is 4.67. The number of carboxylic acid groups (broad SMARTS) is 1. The van der Waals surface area contributed by atoms with E-state index in [0.717, 1.165) is 15.4 Å². The standard InChI is InChI=1S/C15H13Br2NO3/c16-10-4-3-9(6-11(10)17)18-14(19)12-7-1-2-8(5-7)13(12)15(20)21/h1-4,6-8,12-13H,5H2,(H,18,19)(H,20,21)/t7-,8-,12-,13-/m0/s1. The van der Waals surface area contributed by atoms with Gasteiger partial charge in [-0.25, -0.2) is 0 Å². The van der Waals surface area contributed by atoms with Gasteiger partial charge in [0, 0.05) is 14.6 Å². The summed E-state index contributed by atoms with van der Waals surface area (Å²) >= 11 is 6.75. The molecule has 4 atom stereocenters. The first-order chi connectivity index (χ1) is 9.97. The molecule has 0 heterocycles. The Hall–Kier alpha value is -1.14. The lowest BCUT2D eigenvalue weighted by molar-refractivity contribution is -0.146. The first kappa shape index (κ1) is 14.8. The lowest BCUT2D eigenvalue weighted by atomic mass is 9.82. The minimum atomic E-state index is -0.885. The molecule has 4 nitrogen and oxygen atoms in total. The zero-order valence-corrected chi connectivity index (χ0v) is 14.1. The highest BCUT2D eigenvalue weighted by Crippen LogP contribution is 2.48. The molecular formula is C15H13Br2NO3. The second kappa shape index (κ2) is 5.57. The van der Waals surface area contributed by atoms with Gasteiger partial charge in [0.1, 0.15) is 0 Å². The Kier molecular flexibility index (Phi) is 3.92. The third-order valence-electron chi connectivity index (χ3n) is 4.23. The highest BCUT2D eigenvalue weighted by Gasteiger charge is 2.51. The molecule has 110 valence electrons. The van der Waals surface area contributed by atoms with Gasteiger partial charge in [0.2, 0.25) is 5.91 Å². The van der Waals surface area contributed by atoms with E-state index in [9.17, 15) is 14.7 Å². The van der Waals surface area contributed by atoms with Gasteiger partial charge in [-0.15, -0.1) is 0 Å². The third-order valence-corrected chi connectivity index (χ3v) is 6.11. The molecular weight excluding hydrogens is 402 g/mol. The maximum Gasteiger partial charge on any atom is 0.307 e. The molecule has 1 fully saturated rings. The monoisotopic (exact) mass is 413 g/mol. The van der Waals surface area contributed by atoms with Crippen molar-refractivity contribution < 1.29 is 14.7 Å². The number of benzene rings is 1. The molecule has 2 aliphatic carbocycles. The SMILES string of the molecule is O=C(O)[C@@H]1[C@@H](C(=O)Nc2ccc(Br)c(Br)c2)[C@H]2C=C[C@H]1C2. The van der Waals surface area contributed by atoms with Crippen LogP contribution in [0.5, 0.6) is 0 Å². The van der Waals surface area contributed by atoms with Gasteiger partial charge in [-0.05, 0) is 68.3 Å². The molecule has 2 N–H and O–H groups in total. The van der Waals surface area contributed by atoms with Crippen molar-refractivity contribution in [1.82, 2.24) is 0 Å². The number of carboxylic acids is 1. The van der Waals surface area contributed by atoms with Crippen molar-refractivity contribution in [2.45, 2.75) is 6.42 Å². The topological polar surface area (TPSA) is 66.4 Å². The molecule has 2 bridgehead atoms. The lowest BCUT2D eigenvalue weighted by Gasteiger charge is -2.23. The first-order valence-corrected chi connectivity index (χ1v) is 8.23. The molecule has 0 aliphatic heterocycles. The number of nitrogens with one attached hydrogen (secondary N) is 1.